The molecule has 1 atom stereocenters. The highest BCUT2D eigenvalue weighted by atomic mass is 16.1. The number of hydrogen-bond acceptors (Lipinski definition) is 3. The van der Waals surface area contributed by atoms with Crippen LogP contribution in [0.3, 0.4) is 0 Å². The molecule has 5 nitrogen and oxygen atoms in total. The number of hydrogen-bond donors (Lipinski definition) is 1. The van der Waals surface area contributed by atoms with E-state index in [9.17, 15) is 9.59 Å². The summed E-state index contributed by atoms with van der Waals surface area (Å²) in [4.78, 5) is 24.3. The first kappa shape index (κ1) is 17.9. The Kier molecular flexibility index (Phi) is 5.16. The molecule has 3 rings (SSSR count). The number of para-hydroxylation sites is 1. The molecule has 1 amide bonds. The van der Waals surface area contributed by atoms with Gasteiger partial charge in [0.1, 0.15) is 0 Å². The van der Waals surface area contributed by atoms with Crippen LogP contribution in [0.2, 0.25) is 0 Å². The van der Waals surface area contributed by atoms with Crippen molar-refractivity contribution in [3.63, 3.8) is 0 Å². The molecule has 3 aromatic rings. The lowest BCUT2D eigenvalue weighted by molar-refractivity contribution is -0.122. The molecule has 0 bridgehead atoms. The van der Waals surface area contributed by atoms with E-state index in [0.717, 1.165) is 16.6 Å². The Morgan fingerprint density at radius 1 is 1.19 bits per heavy atom. The van der Waals surface area contributed by atoms with Crippen molar-refractivity contribution in [2.24, 2.45) is 0 Å². The van der Waals surface area contributed by atoms with Crippen LogP contribution in [-0.2, 0) is 11.3 Å². The van der Waals surface area contributed by atoms with Crippen LogP contribution in [0, 0.1) is 13.8 Å². The maximum atomic E-state index is 12.4. The second kappa shape index (κ2) is 7.52. The average Bonchev–Trinajstić information content (AvgIpc) is 2.63. The van der Waals surface area contributed by atoms with Crippen molar-refractivity contribution in [1.82, 2.24) is 15.1 Å². The molecular formula is C21H23N3O2. The van der Waals surface area contributed by atoms with E-state index in [2.05, 4.69) is 28.6 Å². The summed E-state index contributed by atoms with van der Waals surface area (Å²) in [6.45, 7) is 6.51. The summed E-state index contributed by atoms with van der Waals surface area (Å²) in [5, 5.41) is 7.83. The minimum Gasteiger partial charge on any atom is -0.350 e. The van der Waals surface area contributed by atoms with E-state index in [1.54, 1.807) is 10.7 Å². The molecule has 5 heteroatoms. The van der Waals surface area contributed by atoms with Gasteiger partial charge in [-0.2, -0.15) is 5.10 Å². The molecule has 134 valence electrons. The fraction of sp³-hybridized carbons (Fsp3) is 0.286. The Labute approximate surface area is 152 Å². The molecule has 1 heterocycles. The Morgan fingerprint density at radius 2 is 1.96 bits per heavy atom. The molecule has 1 N–H and O–H groups in total. The highest BCUT2D eigenvalue weighted by Crippen LogP contribution is 2.19. The summed E-state index contributed by atoms with van der Waals surface area (Å²) in [5.74, 6) is -0.0389. The third kappa shape index (κ3) is 3.82. The third-order valence-corrected chi connectivity index (χ3v) is 4.59. The maximum absolute atomic E-state index is 12.4. The number of fused-ring (bicyclic) bond motifs is 1. The van der Waals surface area contributed by atoms with Gasteiger partial charge in [-0.15, -0.1) is 0 Å². The number of nitrogens with zero attached hydrogens (tertiary/aromatic N) is 2. The van der Waals surface area contributed by atoms with E-state index in [1.165, 1.54) is 11.8 Å². The Balaban J connectivity index is 1.69. The number of amides is 1. The van der Waals surface area contributed by atoms with Gasteiger partial charge in [-0.3, -0.25) is 14.3 Å². The average molecular weight is 349 g/mol. The van der Waals surface area contributed by atoms with Gasteiger partial charge in [-0.1, -0.05) is 35.9 Å². The Hall–Kier alpha value is -2.95. The number of aryl methyl sites for hydroxylation is 3. The second-order valence-electron chi connectivity index (χ2n) is 6.65. The van der Waals surface area contributed by atoms with Gasteiger partial charge in [0.25, 0.3) is 0 Å². The van der Waals surface area contributed by atoms with Crippen LogP contribution in [-0.4, -0.2) is 15.7 Å². The quantitative estimate of drug-likeness (QED) is 0.769. The first-order valence-electron chi connectivity index (χ1n) is 8.77. The number of aromatic nitrogens is 2. The second-order valence-corrected chi connectivity index (χ2v) is 6.65. The molecule has 0 spiro atoms. The summed E-state index contributed by atoms with van der Waals surface area (Å²) in [7, 11) is 0. The maximum Gasteiger partial charge on any atom is 0.222 e. The zero-order chi connectivity index (χ0) is 18.7. The number of benzene rings is 2. The third-order valence-electron chi connectivity index (χ3n) is 4.59. The van der Waals surface area contributed by atoms with E-state index in [-0.39, 0.29) is 17.4 Å². The van der Waals surface area contributed by atoms with Crippen LogP contribution in [0.5, 0.6) is 0 Å². The highest BCUT2D eigenvalue weighted by Gasteiger charge is 2.12. The molecule has 0 unspecified atom stereocenters. The van der Waals surface area contributed by atoms with Gasteiger partial charge in [0.05, 0.1) is 24.3 Å². The fourth-order valence-corrected chi connectivity index (χ4v) is 3.16. The molecule has 0 saturated carbocycles. The SMILES string of the molecule is Cc1ccc(C)c([C@@H](C)NC(=O)CCn2ncc(=O)c3ccccc32)c1. The molecule has 0 aliphatic heterocycles. The zero-order valence-corrected chi connectivity index (χ0v) is 15.3. The lowest BCUT2D eigenvalue weighted by Gasteiger charge is -2.17. The summed E-state index contributed by atoms with van der Waals surface area (Å²) < 4.78 is 1.71. The predicted octanol–water partition coefficient (Wildman–Crippen LogP) is 3.28. The number of carbonyl (C=O) groups excluding carboxylic acids is 1. The Morgan fingerprint density at radius 3 is 2.77 bits per heavy atom. The van der Waals surface area contributed by atoms with Crippen LogP contribution in [0.15, 0.2) is 53.5 Å². The van der Waals surface area contributed by atoms with E-state index in [1.807, 2.05) is 39.0 Å². The standard InChI is InChI=1S/C21H23N3O2/c1-14-8-9-15(2)18(12-14)16(3)23-21(26)10-11-24-19-7-5-4-6-17(19)20(25)13-22-24/h4-9,12-13,16H,10-11H2,1-3H3,(H,23,26)/t16-/m1/s1. The van der Waals surface area contributed by atoms with E-state index >= 15 is 0 Å². The van der Waals surface area contributed by atoms with Gasteiger partial charge < -0.3 is 5.32 Å². The summed E-state index contributed by atoms with van der Waals surface area (Å²) in [6, 6.07) is 13.5. The van der Waals surface area contributed by atoms with Gasteiger partial charge in [0.2, 0.25) is 11.3 Å². The van der Waals surface area contributed by atoms with Gasteiger partial charge in [-0.25, -0.2) is 0 Å². The molecule has 1 aromatic heterocycles. The van der Waals surface area contributed by atoms with Crippen LogP contribution < -0.4 is 10.7 Å². The van der Waals surface area contributed by atoms with Crippen molar-refractivity contribution in [2.75, 3.05) is 0 Å². The summed E-state index contributed by atoms with van der Waals surface area (Å²) in [5.41, 5.74) is 4.11. The molecule has 26 heavy (non-hydrogen) atoms. The lowest BCUT2D eigenvalue weighted by Crippen LogP contribution is -2.28. The minimum absolute atomic E-state index is 0.0389. The summed E-state index contributed by atoms with van der Waals surface area (Å²) in [6.07, 6.45) is 1.61. The first-order valence-corrected chi connectivity index (χ1v) is 8.77. The first-order chi connectivity index (χ1) is 12.5. The van der Waals surface area contributed by atoms with Crippen LogP contribution >= 0.6 is 0 Å². The summed E-state index contributed by atoms with van der Waals surface area (Å²) >= 11 is 0. The van der Waals surface area contributed by atoms with E-state index in [0.29, 0.717) is 18.4 Å². The van der Waals surface area contributed by atoms with Crippen molar-refractivity contribution in [2.45, 2.75) is 39.8 Å². The van der Waals surface area contributed by atoms with Gasteiger partial charge >= 0.3 is 0 Å². The molecular weight excluding hydrogens is 326 g/mol. The van der Waals surface area contributed by atoms with Crippen molar-refractivity contribution >= 4 is 16.8 Å². The van der Waals surface area contributed by atoms with Crippen molar-refractivity contribution in [3.8, 4) is 0 Å². The molecule has 0 aliphatic rings. The number of rotatable bonds is 5. The highest BCUT2D eigenvalue weighted by molar-refractivity contribution is 5.79. The smallest absolute Gasteiger partial charge is 0.222 e. The monoisotopic (exact) mass is 349 g/mol. The minimum atomic E-state index is -0.107. The van der Waals surface area contributed by atoms with Crippen molar-refractivity contribution in [3.05, 3.63) is 75.6 Å². The lowest BCUT2D eigenvalue weighted by atomic mass is 10.00. The zero-order valence-electron chi connectivity index (χ0n) is 15.3. The molecule has 0 fully saturated rings. The van der Waals surface area contributed by atoms with E-state index < -0.39 is 0 Å². The largest absolute Gasteiger partial charge is 0.350 e. The van der Waals surface area contributed by atoms with Crippen LogP contribution in [0.1, 0.15) is 36.1 Å². The molecule has 0 saturated heterocycles. The fourth-order valence-electron chi connectivity index (χ4n) is 3.16. The number of carbonyl (C=O) groups is 1. The van der Waals surface area contributed by atoms with E-state index in [4.69, 9.17) is 0 Å². The Bertz CT molecular complexity index is 1010. The molecule has 0 radical (unpaired) electrons. The predicted molar refractivity (Wildman–Crippen MR) is 103 cm³/mol. The molecule has 0 aliphatic carbocycles. The van der Waals surface area contributed by atoms with Crippen LogP contribution in [0.4, 0.5) is 0 Å². The van der Waals surface area contributed by atoms with Crippen LogP contribution in [0.25, 0.3) is 10.9 Å². The van der Waals surface area contributed by atoms with Crippen molar-refractivity contribution < 1.29 is 4.79 Å². The number of nitrogens with one attached hydrogen (secondary N) is 1. The van der Waals surface area contributed by atoms with Gasteiger partial charge in [-0.05, 0) is 44.0 Å². The van der Waals surface area contributed by atoms with Gasteiger partial charge in [0, 0.05) is 11.8 Å². The van der Waals surface area contributed by atoms with Gasteiger partial charge in [0.15, 0.2) is 0 Å². The topological polar surface area (TPSA) is 64.0 Å². The molecule has 2 aromatic carbocycles. The normalized spacial score (nSPS) is 12.1. The van der Waals surface area contributed by atoms with Crippen molar-refractivity contribution in [1.29, 1.82) is 0 Å².